The lowest BCUT2D eigenvalue weighted by atomic mass is 10.0. The van der Waals surface area contributed by atoms with Crippen LogP contribution in [0.15, 0.2) is 47.9 Å². The fourth-order valence-electron chi connectivity index (χ4n) is 3.27. The van der Waals surface area contributed by atoms with E-state index in [0.29, 0.717) is 36.7 Å². The number of hydrogen-bond acceptors (Lipinski definition) is 5. The molecule has 0 atom stereocenters. The Balaban J connectivity index is 1.95. The summed E-state index contributed by atoms with van der Waals surface area (Å²) in [5.41, 5.74) is 1.64. The maximum absolute atomic E-state index is 14.1. The van der Waals surface area contributed by atoms with Gasteiger partial charge in [0.25, 0.3) is 11.1 Å². The van der Waals surface area contributed by atoms with Gasteiger partial charge in [0.05, 0.1) is 24.7 Å². The summed E-state index contributed by atoms with van der Waals surface area (Å²) >= 11 is 6.86. The van der Waals surface area contributed by atoms with Crippen molar-refractivity contribution < 1.29 is 23.5 Å². The van der Waals surface area contributed by atoms with Crippen LogP contribution in [0.4, 0.5) is 9.18 Å². The Kier molecular flexibility index (Phi) is 7.99. The normalized spacial score (nSPS) is 14.9. The molecule has 2 amide bonds. The van der Waals surface area contributed by atoms with E-state index >= 15 is 0 Å². The predicted octanol–water partition coefficient (Wildman–Crippen LogP) is 6.24. The van der Waals surface area contributed by atoms with Crippen molar-refractivity contribution >= 4 is 40.6 Å². The predicted molar refractivity (Wildman–Crippen MR) is 126 cm³/mol. The molecule has 2 aromatic rings. The number of imide groups is 1. The summed E-state index contributed by atoms with van der Waals surface area (Å²) in [5, 5.41) is -0.321. The first-order chi connectivity index (χ1) is 15.4. The van der Waals surface area contributed by atoms with Crippen molar-refractivity contribution in [1.82, 2.24) is 4.90 Å². The van der Waals surface area contributed by atoms with Gasteiger partial charge in [-0.15, -0.1) is 6.58 Å². The second kappa shape index (κ2) is 10.7. The number of allylic oxidation sites excluding steroid dienone is 1. The van der Waals surface area contributed by atoms with Crippen LogP contribution in [0, 0.1) is 5.82 Å². The Hall–Kier alpha value is -2.77. The third-order valence-electron chi connectivity index (χ3n) is 4.66. The van der Waals surface area contributed by atoms with E-state index in [4.69, 9.17) is 21.1 Å². The van der Waals surface area contributed by atoms with Crippen molar-refractivity contribution in [1.29, 1.82) is 0 Å². The maximum atomic E-state index is 14.1. The summed E-state index contributed by atoms with van der Waals surface area (Å²) in [6, 6.07) is 7.87. The average molecular weight is 476 g/mol. The van der Waals surface area contributed by atoms with Crippen LogP contribution in [0.2, 0.25) is 5.02 Å². The molecule has 0 unspecified atom stereocenters. The van der Waals surface area contributed by atoms with E-state index in [9.17, 15) is 14.0 Å². The molecule has 1 heterocycles. The molecule has 1 saturated heterocycles. The minimum Gasteiger partial charge on any atom is -0.490 e. The lowest BCUT2D eigenvalue weighted by molar-refractivity contribution is -0.123. The first-order valence-corrected chi connectivity index (χ1v) is 11.3. The molecule has 0 bridgehead atoms. The smallest absolute Gasteiger partial charge is 0.293 e. The van der Waals surface area contributed by atoms with E-state index in [2.05, 4.69) is 6.58 Å². The molecular formula is C24H23ClFNO4S. The van der Waals surface area contributed by atoms with E-state index < -0.39 is 17.0 Å². The Bertz CT molecular complexity index is 1070. The number of hydrogen-bond donors (Lipinski definition) is 0. The Morgan fingerprint density at radius 3 is 2.59 bits per heavy atom. The molecule has 0 N–H and O–H groups in total. The number of amides is 2. The van der Waals surface area contributed by atoms with E-state index in [1.807, 2.05) is 19.9 Å². The summed E-state index contributed by atoms with van der Waals surface area (Å²) < 4.78 is 25.7. The SMILES string of the molecule is C=CCc1cc(/C=C2/SC(=O)N(Cc3c(F)cccc3Cl)C2=O)cc(OCC)c1OCC. The molecule has 8 heteroatoms. The van der Waals surface area contributed by atoms with E-state index in [0.717, 1.165) is 22.2 Å². The standard InChI is InChI=1S/C24H23ClFNO4S/c1-4-8-16-11-15(12-20(30-5-2)22(16)31-6-3)13-21-23(28)27(24(29)32-21)14-17-18(25)9-7-10-19(17)26/h4,7,9-13H,1,5-6,8,14H2,2-3H3/b21-13+. The lowest BCUT2D eigenvalue weighted by Gasteiger charge is -2.16. The van der Waals surface area contributed by atoms with Gasteiger partial charge >= 0.3 is 0 Å². The average Bonchev–Trinajstić information content (AvgIpc) is 3.00. The molecule has 32 heavy (non-hydrogen) atoms. The van der Waals surface area contributed by atoms with E-state index in [-0.39, 0.29) is 22.0 Å². The van der Waals surface area contributed by atoms with Gasteiger partial charge in [0.1, 0.15) is 5.82 Å². The van der Waals surface area contributed by atoms with Crippen molar-refractivity contribution in [2.24, 2.45) is 0 Å². The van der Waals surface area contributed by atoms with Crippen molar-refractivity contribution in [3.63, 3.8) is 0 Å². The molecule has 3 rings (SSSR count). The molecule has 1 aliphatic heterocycles. The van der Waals surface area contributed by atoms with Crippen LogP contribution < -0.4 is 9.47 Å². The molecule has 2 aromatic carbocycles. The topological polar surface area (TPSA) is 55.8 Å². The van der Waals surface area contributed by atoms with Crippen LogP contribution in [0.1, 0.15) is 30.5 Å². The summed E-state index contributed by atoms with van der Waals surface area (Å²) in [4.78, 5) is 26.6. The quantitative estimate of drug-likeness (QED) is 0.317. The zero-order valence-electron chi connectivity index (χ0n) is 17.8. The van der Waals surface area contributed by atoms with Crippen molar-refractivity contribution in [2.75, 3.05) is 13.2 Å². The van der Waals surface area contributed by atoms with Crippen LogP contribution >= 0.6 is 23.4 Å². The fourth-order valence-corrected chi connectivity index (χ4v) is 4.34. The van der Waals surface area contributed by atoms with Crippen LogP contribution in [0.25, 0.3) is 6.08 Å². The van der Waals surface area contributed by atoms with Gasteiger partial charge in [-0.25, -0.2) is 4.39 Å². The summed E-state index contributed by atoms with van der Waals surface area (Å²) in [6.45, 7) is 8.23. The van der Waals surface area contributed by atoms with Gasteiger partial charge in [0.2, 0.25) is 0 Å². The van der Waals surface area contributed by atoms with Crippen LogP contribution in [0.5, 0.6) is 11.5 Å². The van der Waals surface area contributed by atoms with Gasteiger partial charge in [0.15, 0.2) is 11.5 Å². The maximum Gasteiger partial charge on any atom is 0.293 e. The molecule has 0 spiro atoms. The minimum absolute atomic E-state index is 0.102. The molecule has 168 valence electrons. The highest BCUT2D eigenvalue weighted by Crippen LogP contribution is 2.38. The van der Waals surface area contributed by atoms with Gasteiger partial charge in [-0.3, -0.25) is 14.5 Å². The Morgan fingerprint density at radius 2 is 1.94 bits per heavy atom. The van der Waals surface area contributed by atoms with Crippen LogP contribution in [-0.4, -0.2) is 29.3 Å². The summed E-state index contributed by atoms with van der Waals surface area (Å²) in [7, 11) is 0. The van der Waals surface area contributed by atoms with E-state index in [1.165, 1.54) is 18.2 Å². The highest BCUT2D eigenvalue weighted by Gasteiger charge is 2.36. The Morgan fingerprint density at radius 1 is 1.19 bits per heavy atom. The number of thioether (sulfide) groups is 1. The Labute approximate surface area is 195 Å². The van der Waals surface area contributed by atoms with Gasteiger partial charge in [0, 0.05) is 16.1 Å². The van der Waals surface area contributed by atoms with Gasteiger partial charge in [-0.1, -0.05) is 23.7 Å². The molecule has 0 aromatic heterocycles. The molecule has 0 saturated carbocycles. The summed E-state index contributed by atoms with van der Waals surface area (Å²) in [6.07, 6.45) is 3.92. The highest BCUT2D eigenvalue weighted by molar-refractivity contribution is 8.18. The second-order valence-corrected chi connectivity index (χ2v) is 8.23. The van der Waals surface area contributed by atoms with Gasteiger partial charge in [-0.05, 0) is 67.9 Å². The monoisotopic (exact) mass is 475 g/mol. The highest BCUT2D eigenvalue weighted by atomic mass is 35.5. The molecule has 1 aliphatic rings. The lowest BCUT2D eigenvalue weighted by Crippen LogP contribution is -2.28. The molecule has 0 aliphatic carbocycles. The third kappa shape index (κ3) is 5.16. The number of ether oxygens (including phenoxy) is 2. The van der Waals surface area contributed by atoms with Crippen molar-refractivity contribution in [3.05, 3.63) is 75.4 Å². The van der Waals surface area contributed by atoms with Crippen molar-refractivity contribution in [3.8, 4) is 11.5 Å². The number of rotatable bonds is 9. The number of carbonyl (C=O) groups is 2. The number of nitrogens with zero attached hydrogens (tertiary/aromatic N) is 1. The number of benzene rings is 2. The molecule has 0 radical (unpaired) electrons. The fraction of sp³-hybridized carbons (Fsp3) is 0.250. The summed E-state index contributed by atoms with van der Waals surface area (Å²) in [5.74, 6) is 0.116. The van der Waals surface area contributed by atoms with Gasteiger partial charge in [-0.2, -0.15) is 0 Å². The number of carbonyl (C=O) groups excluding carboxylic acids is 2. The zero-order chi connectivity index (χ0) is 23.3. The zero-order valence-corrected chi connectivity index (χ0v) is 19.4. The second-order valence-electron chi connectivity index (χ2n) is 6.83. The van der Waals surface area contributed by atoms with Crippen molar-refractivity contribution in [2.45, 2.75) is 26.8 Å². The molecule has 5 nitrogen and oxygen atoms in total. The first kappa shape index (κ1) is 23.9. The largest absolute Gasteiger partial charge is 0.490 e. The van der Waals surface area contributed by atoms with Crippen LogP contribution in [-0.2, 0) is 17.8 Å². The molecule has 1 fully saturated rings. The van der Waals surface area contributed by atoms with Crippen LogP contribution in [0.3, 0.4) is 0 Å². The molecular weight excluding hydrogens is 453 g/mol. The minimum atomic E-state index is -0.567. The third-order valence-corrected chi connectivity index (χ3v) is 5.92. The van der Waals surface area contributed by atoms with E-state index in [1.54, 1.807) is 18.2 Å². The first-order valence-electron chi connectivity index (χ1n) is 10.1. The van der Waals surface area contributed by atoms with Gasteiger partial charge < -0.3 is 9.47 Å². The number of halogens is 2.